The van der Waals surface area contributed by atoms with Gasteiger partial charge in [0.2, 0.25) is 0 Å². The van der Waals surface area contributed by atoms with Crippen molar-refractivity contribution >= 4 is 11.6 Å². The average Bonchev–Trinajstić information content (AvgIpc) is 2.65. The summed E-state index contributed by atoms with van der Waals surface area (Å²) in [6, 6.07) is 1.07. The molecular weight excluding hydrogens is 257 g/mol. The molecule has 0 radical (unpaired) electrons. The maximum absolute atomic E-state index is 13.4. The average molecular weight is 263 g/mol. The van der Waals surface area contributed by atoms with Crippen LogP contribution in [0.3, 0.4) is 0 Å². The van der Waals surface area contributed by atoms with Crippen molar-refractivity contribution in [3.05, 3.63) is 35.4 Å². The zero-order valence-electron chi connectivity index (χ0n) is 8.55. The van der Waals surface area contributed by atoms with Gasteiger partial charge in [-0.05, 0) is 6.92 Å². The molecule has 0 aliphatic carbocycles. The van der Waals surface area contributed by atoms with E-state index in [2.05, 4.69) is 14.7 Å². The molecule has 2 aromatic rings. The van der Waals surface area contributed by atoms with Crippen LogP contribution in [-0.2, 0) is 0 Å². The molecular formula is C10H6ClF3N2O. The van der Waals surface area contributed by atoms with Crippen LogP contribution in [0.2, 0.25) is 0 Å². The van der Waals surface area contributed by atoms with Gasteiger partial charge < -0.3 is 4.52 Å². The molecule has 0 N–H and O–H groups in total. The monoisotopic (exact) mass is 262 g/mol. The third kappa shape index (κ3) is 2.26. The summed E-state index contributed by atoms with van der Waals surface area (Å²) in [4.78, 5) is 3.72. The predicted molar refractivity (Wildman–Crippen MR) is 53.9 cm³/mol. The molecule has 3 nitrogen and oxygen atoms in total. The number of halogens is 4. The second-order valence-electron chi connectivity index (χ2n) is 3.32. The van der Waals surface area contributed by atoms with E-state index in [4.69, 9.17) is 11.6 Å². The molecule has 0 spiro atoms. The number of alkyl halides is 1. The van der Waals surface area contributed by atoms with Crippen LogP contribution >= 0.6 is 11.6 Å². The van der Waals surface area contributed by atoms with Crippen molar-refractivity contribution in [3.63, 3.8) is 0 Å². The molecule has 0 bridgehead atoms. The maximum atomic E-state index is 13.4. The van der Waals surface area contributed by atoms with Crippen LogP contribution in [-0.4, -0.2) is 10.1 Å². The van der Waals surface area contributed by atoms with Gasteiger partial charge in [0.05, 0.1) is 5.38 Å². The van der Waals surface area contributed by atoms with Gasteiger partial charge in [-0.1, -0.05) is 5.16 Å². The molecule has 0 saturated heterocycles. The molecule has 1 aromatic heterocycles. The fraction of sp³-hybridized carbons (Fsp3) is 0.200. The number of hydrogen-bond acceptors (Lipinski definition) is 3. The lowest BCUT2D eigenvalue weighted by Gasteiger charge is -1.99. The maximum Gasteiger partial charge on any atom is 0.263 e. The van der Waals surface area contributed by atoms with Gasteiger partial charge in [-0.2, -0.15) is 4.98 Å². The predicted octanol–water partition coefficient (Wildman–Crippen LogP) is 3.45. The zero-order valence-corrected chi connectivity index (χ0v) is 9.30. The minimum absolute atomic E-state index is 0.102. The lowest BCUT2D eigenvalue weighted by atomic mass is 10.2. The number of aromatic nitrogens is 2. The van der Waals surface area contributed by atoms with Crippen LogP contribution in [0.1, 0.15) is 18.1 Å². The summed E-state index contributed by atoms with van der Waals surface area (Å²) in [7, 11) is 0. The van der Waals surface area contributed by atoms with Gasteiger partial charge in [0.25, 0.3) is 5.89 Å². The Labute approximate surface area is 99.2 Å². The molecule has 7 heteroatoms. The van der Waals surface area contributed by atoms with Crippen molar-refractivity contribution in [1.29, 1.82) is 0 Å². The van der Waals surface area contributed by atoms with Crippen LogP contribution in [0.5, 0.6) is 0 Å². The summed E-state index contributed by atoms with van der Waals surface area (Å²) in [5.74, 6) is -3.51. The Morgan fingerprint density at radius 2 is 1.82 bits per heavy atom. The van der Waals surface area contributed by atoms with Crippen LogP contribution < -0.4 is 0 Å². The van der Waals surface area contributed by atoms with Crippen molar-refractivity contribution in [2.45, 2.75) is 12.3 Å². The molecule has 0 fully saturated rings. The summed E-state index contributed by atoms with van der Waals surface area (Å²) in [5.41, 5.74) is -0.567. The second kappa shape index (κ2) is 4.37. The van der Waals surface area contributed by atoms with Crippen molar-refractivity contribution in [2.75, 3.05) is 0 Å². The summed E-state index contributed by atoms with van der Waals surface area (Å²) >= 11 is 5.68. The first-order chi connectivity index (χ1) is 7.99. The lowest BCUT2D eigenvalue weighted by molar-refractivity contribution is 0.416. The third-order valence-electron chi connectivity index (χ3n) is 2.02. The number of nitrogens with zero attached hydrogens (tertiary/aromatic N) is 2. The van der Waals surface area contributed by atoms with Gasteiger partial charge in [0, 0.05) is 12.1 Å². The molecule has 0 amide bonds. The molecule has 90 valence electrons. The largest absolute Gasteiger partial charge is 0.334 e. The normalized spacial score (nSPS) is 12.8. The molecule has 1 atom stereocenters. The SMILES string of the molecule is CC(Cl)c1noc(-c2c(F)cc(F)cc2F)n1. The first kappa shape index (κ1) is 11.9. The fourth-order valence-corrected chi connectivity index (χ4v) is 1.33. The minimum atomic E-state index is -1.11. The standard InChI is InChI=1S/C10H6ClF3N2O/c1-4(11)9-15-10(17-16-9)8-6(13)2-5(12)3-7(8)14/h2-4H,1H3. The highest BCUT2D eigenvalue weighted by Gasteiger charge is 2.20. The Balaban J connectivity index is 2.52. The Morgan fingerprint density at radius 1 is 1.24 bits per heavy atom. The Morgan fingerprint density at radius 3 is 2.29 bits per heavy atom. The van der Waals surface area contributed by atoms with Gasteiger partial charge in [0.1, 0.15) is 23.0 Å². The summed E-state index contributed by atoms with van der Waals surface area (Å²) in [5, 5.41) is 2.90. The summed E-state index contributed by atoms with van der Waals surface area (Å²) < 4.78 is 44.1. The van der Waals surface area contributed by atoms with E-state index in [-0.39, 0.29) is 11.7 Å². The Bertz CT molecular complexity index is 533. The van der Waals surface area contributed by atoms with Gasteiger partial charge in [-0.3, -0.25) is 0 Å². The highest BCUT2D eigenvalue weighted by atomic mass is 35.5. The summed E-state index contributed by atoms with van der Waals surface area (Å²) in [6.45, 7) is 1.58. The molecule has 1 aromatic carbocycles. The van der Waals surface area contributed by atoms with E-state index in [1.165, 1.54) is 0 Å². The van der Waals surface area contributed by atoms with E-state index >= 15 is 0 Å². The summed E-state index contributed by atoms with van der Waals surface area (Å²) in [6.07, 6.45) is 0. The van der Waals surface area contributed by atoms with E-state index in [9.17, 15) is 13.2 Å². The van der Waals surface area contributed by atoms with Gasteiger partial charge in [-0.15, -0.1) is 11.6 Å². The lowest BCUT2D eigenvalue weighted by Crippen LogP contribution is -1.93. The van der Waals surface area contributed by atoms with Gasteiger partial charge >= 0.3 is 0 Å². The molecule has 1 unspecified atom stereocenters. The van der Waals surface area contributed by atoms with Crippen molar-refractivity contribution in [3.8, 4) is 11.5 Å². The highest BCUT2D eigenvalue weighted by molar-refractivity contribution is 6.20. The van der Waals surface area contributed by atoms with E-state index in [0.29, 0.717) is 12.1 Å². The first-order valence-corrected chi connectivity index (χ1v) is 5.05. The minimum Gasteiger partial charge on any atom is -0.334 e. The number of benzene rings is 1. The van der Waals surface area contributed by atoms with Crippen LogP contribution in [0.25, 0.3) is 11.5 Å². The van der Waals surface area contributed by atoms with Crippen LogP contribution in [0, 0.1) is 17.5 Å². The second-order valence-corrected chi connectivity index (χ2v) is 3.97. The van der Waals surface area contributed by atoms with Gasteiger partial charge in [-0.25, -0.2) is 13.2 Å². The van der Waals surface area contributed by atoms with E-state index < -0.39 is 28.4 Å². The van der Waals surface area contributed by atoms with E-state index in [1.807, 2.05) is 0 Å². The molecule has 0 aliphatic heterocycles. The van der Waals surface area contributed by atoms with Crippen LogP contribution in [0.4, 0.5) is 13.2 Å². The fourth-order valence-electron chi connectivity index (χ4n) is 1.24. The third-order valence-corrected chi connectivity index (χ3v) is 2.21. The molecule has 17 heavy (non-hydrogen) atoms. The molecule has 2 rings (SSSR count). The van der Waals surface area contributed by atoms with Crippen LogP contribution in [0.15, 0.2) is 16.7 Å². The number of hydrogen-bond donors (Lipinski definition) is 0. The molecule has 1 heterocycles. The molecule has 0 aliphatic rings. The van der Waals surface area contributed by atoms with Crippen molar-refractivity contribution in [1.82, 2.24) is 10.1 Å². The van der Waals surface area contributed by atoms with E-state index in [1.54, 1.807) is 6.92 Å². The molecule has 0 saturated carbocycles. The Kier molecular flexibility index (Phi) is 3.06. The topological polar surface area (TPSA) is 38.9 Å². The smallest absolute Gasteiger partial charge is 0.263 e. The van der Waals surface area contributed by atoms with E-state index in [0.717, 1.165) is 0 Å². The zero-order chi connectivity index (χ0) is 12.6. The van der Waals surface area contributed by atoms with Gasteiger partial charge in [0.15, 0.2) is 5.82 Å². The highest BCUT2D eigenvalue weighted by Crippen LogP contribution is 2.27. The quantitative estimate of drug-likeness (QED) is 0.778. The first-order valence-electron chi connectivity index (χ1n) is 4.61. The number of rotatable bonds is 2. The Hall–Kier alpha value is -1.56. The van der Waals surface area contributed by atoms with Crippen molar-refractivity contribution in [2.24, 2.45) is 0 Å². The van der Waals surface area contributed by atoms with Crippen molar-refractivity contribution < 1.29 is 17.7 Å².